The molecule has 0 heterocycles. The van der Waals surface area contributed by atoms with E-state index in [9.17, 15) is 8.42 Å². The van der Waals surface area contributed by atoms with Gasteiger partial charge in [-0.2, -0.15) is 4.31 Å². The van der Waals surface area contributed by atoms with E-state index in [1.807, 2.05) is 19.9 Å². The standard InChI is InChI=1S/C13H17Br2NO2S/c1-9(2)8-16(11-4-5-11)19(17,18)13-7-10(14)3-6-12(13)15/h3,6-7,9,11H,4-5,8H2,1-2H3. The predicted octanol–water partition coefficient (Wildman–Crippen LogP) is 4.02. The zero-order chi connectivity index (χ0) is 14.2. The molecule has 0 saturated heterocycles. The Morgan fingerprint density at radius 2 is 1.95 bits per heavy atom. The number of sulfonamides is 1. The normalized spacial score (nSPS) is 16.3. The summed E-state index contributed by atoms with van der Waals surface area (Å²) in [4.78, 5) is 0.342. The summed E-state index contributed by atoms with van der Waals surface area (Å²) in [5.41, 5.74) is 0. The number of hydrogen-bond acceptors (Lipinski definition) is 2. The molecule has 1 aromatic carbocycles. The van der Waals surface area contributed by atoms with E-state index < -0.39 is 10.0 Å². The minimum atomic E-state index is -3.43. The second-order valence-corrected chi connectivity index (χ2v) is 8.90. The molecule has 0 N–H and O–H groups in total. The molecule has 0 aliphatic heterocycles. The third-order valence-electron chi connectivity index (χ3n) is 2.98. The molecular weight excluding hydrogens is 394 g/mol. The molecule has 0 amide bonds. The van der Waals surface area contributed by atoms with E-state index in [0.29, 0.717) is 21.8 Å². The zero-order valence-electron chi connectivity index (χ0n) is 10.9. The van der Waals surface area contributed by atoms with Gasteiger partial charge in [0.05, 0.1) is 4.90 Å². The second-order valence-electron chi connectivity index (χ2n) is 5.27. The van der Waals surface area contributed by atoms with E-state index in [1.165, 1.54) is 0 Å². The molecule has 1 aliphatic rings. The molecule has 106 valence electrons. The average Bonchev–Trinajstić information content (AvgIpc) is 3.12. The van der Waals surface area contributed by atoms with Crippen LogP contribution in [0.3, 0.4) is 0 Å². The molecule has 1 saturated carbocycles. The first-order valence-corrected chi connectivity index (χ1v) is 9.32. The molecule has 2 rings (SSSR count). The monoisotopic (exact) mass is 409 g/mol. The first-order valence-electron chi connectivity index (χ1n) is 6.29. The molecule has 3 nitrogen and oxygen atoms in total. The molecule has 0 atom stereocenters. The van der Waals surface area contributed by atoms with Gasteiger partial charge in [0.15, 0.2) is 0 Å². The molecule has 0 radical (unpaired) electrons. The van der Waals surface area contributed by atoms with E-state index in [-0.39, 0.29) is 6.04 Å². The van der Waals surface area contributed by atoms with Crippen LogP contribution in [0.1, 0.15) is 26.7 Å². The highest BCUT2D eigenvalue weighted by molar-refractivity contribution is 9.11. The summed E-state index contributed by atoms with van der Waals surface area (Å²) < 4.78 is 28.6. The van der Waals surface area contributed by atoms with Crippen molar-refractivity contribution in [2.45, 2.75) is 37.6 Å². The van der Waals surface area contributed by atoms with Crippen LogP contribution in [0.5, 0.6) is 0 Å². The van der Waals surface area contributed by atoms with Crippen molar-refractivity contribution >= 4 is 41.9 Å². The van der Waals surface area contributed by atoms with Crippen LogP contribution < -0.4 is 0 Å². The van der Waals surface area contributed by atoms with Gasteiger partial charge in [-0.05, 0) is 52.9 Å². The van der Waals surface area contributed by atoms with Crippen molar-refractivity contribution in [2.24, 2.45) is 5.92 Å². The van der Waals surface area contributed by atoms with Gasteiger partial charge in [-0.25, -0.2) is 8.42 Å². The van der Waals surface area contributed by atoms with Gasteiger partial charge in [-0.15, -0.1) is 0 Å². The number of halogens is 2. The van der Waals surface area contributed by atoms with Crippen LogP contribution in [0.25, 0.3) is 0 Å². The van der Waals surface area contributed by atoms with E-state index in [4.69, 9.17) is 0 Å². The Labute approximate surface area is 131 Å². The Kier molecular flexibility index (Phi) is 4.75. The molecule has 1 fully saturated rings. The molecule has 0 aromatic heterocycles. The highest BCUT2D eigenvalue weighted by Gasteiger charge is 2.39. The van der Waals surface area contributed by atoms with Gasteiger partial charge in [-0.1, -0.05) is 29.8 Å². The molecule has 0 spiro atoms. The topological polar surface area (TPSA) is 37.4 Å². The van der Waals surface area contributed by atoms with Gasteiger partial charge in [0.2, 0.25) is 10.0 Å². The van der Waals surface area contributed by atoms with E-state index in [0.717, 1.165) is 17.3 Å². The first kappa shape index (κ1) is 15.5. The quantitative estimate of drug-likeness (QED) is 0.734. The van der Waals surface area contributed by atoms with Crippen LogP contribution in [0.2, 0.25) is 0 Å². The number of hydrogen-bond donors (Lipinski definition) is 0. The molecule has 1 aliphatic carbocycles. The first-order chi connectivity index (χ1) is 8.82. The van der Waals surface area contributed by atoms with Crippen molar-refractivity contribution in [2.75, 3.05) is 6.54 Å². The van der Waals surface area contributed by atoms with Gasteiger partial charge in [0.25, 0.3) is 0 Å². The van der Waals surface area contributed by atoms with Crippen LogP contribution in [-0.4, -0.2) is 25.3 Å². The highest BCUT2D eigenvalue weighted by atomic mass is 79.9. The number of benzene rings is 1. The summed E-state index contributed by atoms with van der Waals surface area (Å²) >= 11 is 6.68. The van der Waals surface area contributed by atoms with Crippen molar-refractivity contribution in [1.82, 2.24) is 4.31 Å². The van der Waals surface area contributed by atoms with Crippen molar-refractivity contribution in [3.8, 4) is 0 Å². The van der Waals surface area contributed by atoms with E-state index in [2.05, 4.69) is 31.9 Å². The largest absolute Gasteiger partial charge is 0.244 e. The smallest absolute Gasteiger partial charge is 0.207 e. The van der Waals surface area contributed by atoms with Crippen molar-refractivity contribution in [1.29, 1.82) is 0 Å². The van der Waals surface area contributed by atoms with Crippen molar-refractivity contribution < 1.29 is 8.42 Å². The predicted molar refractivity (Wildman–Crippen MR) is 83.6 cm³/mol. The van der Waals surface area contributed by atoms with E-state index in [1.54, 1.807) is 16.4 Å². The van der Waals surface area contributed by atoms with Crippen molar-refractivity contribution in [3.63, 3.8) is 0 Å². The van der Waals surface area contributed by atoms with E-state index >= 15 is 0 Å². The fraction of sp³-hybridized carbons (Fsp3) is 0.538. The van der Waals surface area contributed by atoms with Crippen LogP contribution >= 0.6 is 31.9 Å². The lowest BCUT2D eigenvalue weighted by atomic mass is 10.2. The summed E-state index contributed by atoms with van der Waals surface area (Å²) in [7, 11) is -3.43. The lowest BCUT2D eigenvalue weighted by Gasteiger charge is -2.24. The number of rotatable bonds is 5. The SMILES string of the molecule is CC(C)CN(C1CC1)S(=O)(=O)c1cc(Br)ccc1Br. The maximum atomic E-state index is 12.8. The van der Waals surface area contributed by atoms with Gasteiger partial charge in [-0.3, -0.25) is 0 Å². The zero-order valence-corrected chi connectivity index (χ0v) is 14.9. The molecule has 19 heavy (non-hydrogen) atoms. The average molecular weight is 411 g/mol. The Bertz CT molecular complexity index is 568. The molecular formula is C13H17Br2NO2S. The Morgan fingerprint density at radius 1 is 1.32 bits per heavy atom. The van der Waals surface area contributed by atoms with Gasteiger partial charge in [0.1, 0.15) is 0 Å². The Morgan fingerprint density at radius 3 is 2.47 bits per heavy atom. The van der Waals surface area contributed by atoms with Crippen molar-refractivity contribution in [3.05, 3.63) is 27.1 Å². The number of nitrogens with zero attached hydrogens (tertiary/aromatic N) is 1. The third kappa shape index (κ3) is 3.60. The fourth-order valence-electron chi connectivity index (χ4n) is 1.97. The molecule has 6 heteroatoms. The van der Waals surface area contributed by atoms with Crippen LogP contribution in [-0.2, 0) is 10.0 Å². The summed E-state index contributed by atoms with van der Waals surface area (Å²) in [6.07, 6.45) is 1.94. The van der Waals surface area contributed by atoms with Crippen LogP contribution in [0.4, 0.5) is 0 Å². The maximum absolute atomic E-state index is 12.8. The maximum Gasteiger partial charge on any atom is 0.244 e. The third-order valence-corrected chi connectivity index (χ3v) is 6.38. The summed E-state index contributed by atoms with van der Waals surface area (Å²) in [6.45, 7) is 4.66. The fourth-order valence-corrected chi connectivity index (χ4v) is 5.28. The Hall–Kier alpha value is 0.0900. The molecule has 0 unspecified atom stereocenters. The van der Waals surface area contributed by atoms with Gasteiger partial charge >= 0.3 is 0 Å². The molecule has 0 bridgehead atoms. The Balaban J connectivity index is 2.41. The van der Waals surface area contributed by atoms with Crippen LogP contribution in [0, 0.1) is 5.92 Å². The summed E-state index contributed by atoms with van der Waals surface area (Å²) in [5.74, 6) is 0.321. The molecule has 1 aromatic rings. The lowest BCUT2D eigenvalue weighted by molar-refractivity contribution is 0.360. The second kappa shape index (κ2) is 5.84. The lowest BCUT2D eigenvalue weighted by Crippen LogP contribution is -2.36. The van der Waals surface area contributed by atoms with Gasteiger partial charge < -0.3 is 0 Å². The summed E-state index contributed by atoms with van der Waals surface area (Å²) in [6, 6.07) is 5.43. The minimum absolute atomic E-state index is 0.179. The van der Waals surface area contributed by atoms with Crippen LogP contribution in [0.15, 0.2) is 32.0 Å². The highest BCUT2D eigenvalue weighted by Crippen LogP contribution is 2.35. The minimum Gasteiger partial charge on any atom is -0.207 e. The summed E-state index contributed by atoms with van der Waals surface area (Å²) in [5, 5.41) is 0. The van der Waals surface area contributed by atoms with Gasteiger partial charge in [0, 0.05) is 21.5 Å².